The molecule has 0 fully saturated rings. The molecule has 0 saturated carbocycles. The Labute approximate surface area is 131 Å². The summed E-state index contributed by atoms with van der Waals surface area (Å²) in [5, 5.41) is 4.98. The molecular formula is C16H14N2OS2. The van der Waals surface area contributed by atoms with Gasteiger partial charge in [0.15, 0.2) is 0 Å². The Morgan fingerprint density at radius 3 is 2.90 bits per heavy atom. The number of hydrogen-bond acceptors (Lipinski definition) is 4. The van der Waals surface area contributed by atoms with Crippen LogP contribution in [0.1, 0.15) is 20.1 Å². The summed E-state index contributed by atoms with van der Waals surface area (Å²) in [6.45, 7) is 2.51. The monoisotopic (exact) mass is 314 g/mol. The van der Waals surface area contributed by atoms with Crippen molar-refractivity contribution < 1.29 is 4.79 Å². The van der Waals surface area contributed by atoms with E-state index in [0.29, 0.717) is 6.54 Å². The van der Waals surface area contributed by atoms with Gasteiger partial charge in [-0.2, -0.15) is 0 Å². The maximum Gasteiger partial charge on any atom is 0.261 e. The van der Waals surface area contributed by atoms with Crippen LogP contribution in [0.3, 0.4) is 0 Å². The number of rotatable bonds is 4. The second-order valence-corrected chi connectivity index (χ2v) is 6.86. The molecule has 0 unspecified atom stereocenters. The average Bonchev–Trinajstić information content (AvgIpc) is 3.16. The highest BCUT2D eigenvalue weighted by Crippen LogP contribution is 2.23. The van der Waals surface area contributed by atoms with E-state index >= 15 is 0 Å². The molecule has 106 valence electrons. The van der Waals surface area contributed by atoms with Gasteiger partial charge >= 0.3 is 0 Å². The smallest absolute Gasteiger partial charge is 0.261 e. The van der Waals surface area contributed by atoms with Gasteiger partial charge in [0.2, 0.25) is 0 Å². The summed E-state index contributed by atoms with van der Waals surface area (Å²) in [4.78, 5) is 19.4. The van der Waals surface area contributed by atoms with Crippen LogP contribution in [0.5, 0.6) is 0 Å². The zero-order chi connectivity index (χ0) is 14.7. The number of aromatic nitrogens is 1. The molecule has 5 heteroatoms. The lowest BCUT2D eigenvalue weighted by Crippen LogP contribution is -2.21. The highest BCUT2D eigenvalue weighted by molar-refractivity contribution is 7.14. The molecule has 0 aliphatic carbocycles. The highest BCUT2D eigenvalue weighted by Gasteiger charge is 2.08. The van der Waals surface area contributed by atoms with Crippen LogP contribution in [0, 0.1) is 6.92 Å². The number of hydrogen-bond donors (Lipinski definition) is 1. The van der Waals surface area contributed by atoms with E-state index in [-0.39, 0.29) is 5.91 Å². The van der Waals surface area contributed by atoms with Gasteiger partial charge in [0.25, 0.3) is 5.91 Å². The second-order valence-electron chi connectivity index (χ2n) is 4.62. The fourth-order valence-electron chi connectivity index (χ4n) is 1.97. The number of carbonyl (C=O) groups excluding carboxylic acids is 1. The number of amides is 1. The standard InChI is InChI=1S/C16H14N2OS2/c1-11-4-5-15(21-11)16(19)18-10-12-6-7-17-13(9-12)14-3-2-8-20-14/h2-9H,10H2,1H3,(H,18,19). The fraction of sp³-hybridized carbons (Fsp3) is 0.125. The minimum atomic E-state index is -0.0254. The van der Waals surface area contributed by atoms with Gasteiger partial charge < -0.3 is 5.32 Å². The first-order valence-electron chi connectivity index (χ1n) is 6.56. The third kappa shape index (κ3) is 3.37. The normalized spacial score (nSPS) is 10.5. The maximum absolute atomic E-state index is 12.0. The molecule has 3 rings (SSSR count). The molecule has 0 aliphatic rings. The maximum atomic E-state index is 12.0. The molecule has 3 heterocycles. The zero-order valence-electron chi connectivity index (χ0n) is 11.5. The van der Waals surface area contributed by atoms with Gasteiger partial charge in [-0.05, 0) is 48.2 Å². The molecule has 1 amide bonds. The molecule has 0 spiro atoms. The summed E-state index contributed by atoms with van der Waals surface area (Å²) < 4.78 is 0. The number of pyridine rings is 1. The van der Waals surface area contributed by atoms with Crippen molar-refractivity contribution in [3.05, 3.63) is 63.3 Å². The minimum Gasteiger partial charge on any atom is -0.347 e. The zero-order valence-corrected chi connectivity index (χ0v) is 13.1. The van der Waals surface area contributed by atoms with Crippen LogP contribution in [0.25, 0.3) is 10.6 Å². The number of nitrogens with one attached hydrogen (secondary N) is 1. The van der Waals surface area contributed by atoms with Crippen molar-refractivity contribution in [2.24, 2.45) is 0 Å². The summed E-state index contributed by atoms with van der Waals surface area (Å²) in [5.74, 6) is -0.0254. The predicted octanol–water partition coefficient (Wildman–Crippen LogP) is 4.11. The molecule has 3 nitrogen and oxygen atoms in total. The van der Waals surface area contributed by atoms with E-state index in [4.69, 9.17) is 0 Å². The van der Waals surface area contributed by atoms with Gasteiger partial charge in [-0.3, -0.25) is 9.78 Å². The Morgan fingerprint density at radius 1 is 1.29 bits per heavy atom. The molecule has 0 aliphatic heterocycles. The van der Waals surface area contributed by atoms with E-state index < -0.39 is 0 Å². The molecule has 0 bridgehead atoms. The first-order valence-corrected chi connectivity index (χ1v) is 8.25. The Bertz CT molecular complexity index is 747. The first kappa shape index (κ1) is 14.0. The molecule has 21 heavy (non-hydrogen) atoms. The molecule has 0 saturated heterocycles. The molecule has 3 aromatic rings. The van der Waals surface area contributed by atoms with Crippen molar-refractivity contribution in [3.8, 4) is 10.6 Å². The fourth-order valence-corrected chi connectivity index (χ4v) is 3.45. The van der Waals surface area contributed by atoms with Crippen molar-refractivity contribution in [2.75, 3.05) is 0 Å². The van der Waals surface area contributed by atoms with Crippen molar-refractivity contribution >= 4 is 28.6 Å². The van der Waals surface area contributed by atoms with Gasteiger partial charge in [0, 0.05) is 17.6 Å². The number of aryl methyl sites for hydroxylation is 1. The van der Waals surface area contributed by atoms with Crippen LogP contribution in [0.2, 0.25) is 0 Å². The van der Waals surface area contributed by atoms with Crippen molar-refractivity contribution in [3.63, 3.8) is 0 Å². The molecule has 3 aromatic heterocycles. The van der Waals surface area contributed by atoms with Crippen LogP contribution in [0.4, 0.5) is 0 Å². The Kier molecular flexibility index (Phi) is 4.13. The number of thiophene rings is 2. The third-order valence-corrected chi connectivity index (χ3v) is 4.91. The van der Waals surface area contributed by atoms with Crippen LogP contribution in [-0.4, -0.2) is 10.9 Å². The molecule has 1 N–H and O–H groups in total. The quantitative estimate of drug-likeness (QED) is 0.787. The lowest BCUT2D eigenvalue weighted by molar-refractivity contribution is 0.0955. The van der Waals surface area contributed by atoms with Crippen molar-refractivity contribution in [1.82, 2.24) is 10.3 Å². The van der Waals surface area contributed by atoms with E-state index in [9.17, 15) is 4.79 Å². The van der Waals surface area contributed by atoms with E-state index in [2.05, 4.69) is 10.3 Å². The van der Waals surface area contributed by atoms with E-state index in [1.165, 1.54) is 11.3 Å². The summed E-state index contributed by atoms with van der Waals surface area (Å²) in [5.41, 5.74) is 2.00. The Balaban J connectivity index is 1.68. The summed E-state index contributed by atoms with van der Waals surface area (Å²) in [7, 11) is 0. The summed E-state index contributed by atoms with van der Waals surface area (Å²) in [6.07, 6.45) is 1.78. The van der Waals surface area contributed by atoms with E-state index in [1.54, 1.807) is 17.5 Å². The largest absolute Gasteiger partial charge is 0.347 e. The SMILES string of the molecule is Cc1ccc(C(=O)NCc2ccnc(-c3cccs3)c2)s1. The minimum absolute atomic E-state index is 0.0254. The average molecular weight is 314 g/mol. The third-order valence-electron chi connectivity index (χ3n) is 3.02. The Morgan fingerprint density at radius 2 is 2.19 bits per heavy atom. The lowest BCUT2D eigenvalue weighted by atomic mass is 10.2. The van der Waals surface area contributed by atoms with Gasteiger partial charge in [0.05, 0.1) is 15.4 Å². The second kappa shape index (κ2) is 6.20. The molecule has 0 radical (unpaired) electrons. The van der Waals surface area contributed by atoms with E-state index in [1.807, 2.05) is 48.7 Å². The Hall–Kier alpha value is -1.98. The van der Waals surface area contributed by atoms with E-state index in [0.717, 1.165) is 25.9 Å². The van der Waals surface area contributed by atoms with Gasteiger partial charge in [0.1, 0.15) is 0 Å². The molecule has 0 atom stereocenters. The summed E-state index contributed by atoms with van der Waals surface area (Å²) in [6, 6.07) is 11.8. The topological polar surface area (TPSA) is 42.0 Å². The van der Waals surface area contributed by atoms with Crippen LogP contribution in [-0.2, 0) is 6.54 Å². The van der Waals surface area contributed by atoms with Gasteiger partial charge in [-0.25, -0.2) is 0 Å². The first-order chi connectivity index (χ1) is 10.2. The molecule has 0 aromatic carbocycles. The highest BCUT2D eigenvalue weighted by atomic mass is 32.1. The summed E-state index contributed by atoms with van der Waals surface area (Å²) >= 11 is 3.17. The van der Waals surface area contributed by atoms with Crippen LogP contribution >= 0.6 is 22.7 Å². The number of nitrogens with zero attached hydrogens (tertiary/aromatic N) is 1. The predicted molar refractivity (Wildman–Crippen MR) is 87.8 cm³/mol. The van der Waals surface area contributed by atoms with Gasteiger partial charge in [-0.1, -0.05) is 6.07 Å². The number of carbonyl (C=O) groups is 1. The van der Waals surface area contributed by atoms with Gasteiger partial charge in [-0.15, -0.1) is 22.7 Å². The van der Waals surface area contributed by atoms with Crippen LogP contribution < -0.4 is 5.32 Å². The van der Waals surface area contributed by atoms with Crippen molar-refractivity contribution in [2.45, 2.75) is 13.5 Å². The van der Waals surface area contributed by atoms with Crippen molar-refractivity contribution in [1.29, 1.82) is 0 Å². The molecular weight excluding hydrogens is 300 g/mol. The lowest BCUT2D eigenvalue weighted by Gasteiger charge is -2.05. The van der Waals surface area contributed by atoms with Crippen LogP contribution in [0.15, 0.2) is 48.0 Å².